The molecule has 1 amide bonds. The number of amides is 1. The Balaban J connectivity index is 1.36. The van der Waals surface area contributed by atoms with E-state index < -0.39 is 0 Å². The lowest BCUT2D eigenvalue weighted by atomic mass is 9.99. The summed E-state index contributed by atoms with van der Waals surface area (Å²) in [6.45, 7) is 3.99. The van der Waals surface area contributed by atoms with Crippen LogP contribution in [0.4, 0.5) is 5.69 Å². The summed E-state index contributed by atoms with van der Waals surface area (Å²) in [6.07, 6.45) is 9.21. The Hall–Kier alpha value is -2.99. The van der Waals surface area contributed by atoms with Gasteiger partial charge in [0.15, 0.2) is 0 Å². The number of benzene rings is 1. The van der Waals surface area contributed by atoms with E-state index >= 15 is 0 Å². The molecule has 0 bridgehead atoms. The SMILES string of the molecule is O=C(Nc1ccc2c(c1)CN(CCCn1cccn1)CC2)c1ccncc1. The molecular formula is C21H23N5O. The van der Waals surface area contributed by atoms with Gasteiger partial charge in [-0.1, -0.05) is 6.07 Å². The van der Waals surface area contributed by atoms with Gasteiger partial charge in [-0.15, -0.1) is 0 Å². The Labute approximate surface area is 158 Å². The Bertz CT molecular complexity index is 892. The molecule has 1 aliphatic rings. The molecule has 2 aromatic heterocycles. The summed E-state index contributed by atoms with van der Waals surface area (Å²) in [5, 5.41) is 7.24. The highest BCUT2D eigenvalue weighted by atomic mass is 16.1. The predicted molar refractivity (Wildman–Crippen MR) is 104 cm³/mol. The van der Waals surface area contributed by atoms with E-state index in [1.54, 1.807) is 24.5 Å². The fraction of sp³-hybridized carbons (Fsp3) is 0.286. The van der Waals surface area contributed by atoms with E-state index in [9.17, 15) is 4.79 Å². The van der Waals surface area contributed by atoms with Crippen molar-refractivity contribution in [1.29, 1.82) is 0 Å². The molecule has 1 aromatic carbocycles. The van der Waals surface area contributed by atoms with Crippen molar-refractivity contribution in [2.75, 3.05) is 18.4 Å². The molecule has 0 spiro atoms. The third-order valence-corrected chi connectivity index (χ3v) is 4.92. The van der Waals surface area contributed by atoms with Crippen LogP contribution in [0.15, 0.2) is 61.2 Å². The van der Waals surface area contributed by atoms with Gasteiger partial charge >= 0.3 is 0 Å². The van der Waals surface area contributed by atoms with E-state index in [2.05, 4.69) is 32.4 Å². The zero-order valence-electron chi connectivity index (χ0n) is 15.2. The zero-order chi connectivity index (χ0) is 18.5. The molecule has 1 N–H and O–H groups in total. The number of rotatable bonds is 6. The molecule has 1 aliphatic heterocycles. The second-order valence-electron chi connectivity index (χ2n) is 6.82. The van der Waals surface area contributed by atoms with Gasteiger partial charge in [0, 0.05) is 62.2 Å². The monoisotopic (exact) mass is 361 g/mol. The second-order valence-corrected chi connectivity index (χ2v) is 6.82. The van der Waals surface area contributed by atoms with Crippen molar-refractivity contribution in [1.82, 2.24) is 19.7 Å². The first-order valence-corrected chi connectivity index (χ1v) is 9.31. The molecule has 0 radical (unpaired) electrons. The topological polar surface area (TPSA) is 63.1 Å². The highest BCUT2D eigenvalue weighted by Crippen LogP contribution is 2.23. The second kappa shape index (κ2) is 8.14. The van der Waals surface area contributed by atoms with Crippen LogP contribution >= 0.6 is 0 Å². The molecule has 0 unspecified atom stereocenters. The van der Waals surface area contributed by atoms with Crippen LogP contribution in [0.2, 0.25) is 0 Å². The molecule has 3 heterocycles. The molecule has 0 atom stereocenters. The number of carbonyl (C=O) groups is 1. The lowest BCUT2D eigenvalue weighted by Gasteiger charge is -2.29. The van der Waals surface area contributed by atoms with Crippen molar-refractivity contribution >= 4 is 11.6 Å². The van der Waals surface area contributed by atoms with E-state index in [-0.39, 0.29) is 5.91 Å². The number of anilines is 1. The lowest BCUT2D eigenvalue weighted by Crippen LogP contribution is -2.32. The molecule has 0 saturated carbocycles. The summed E-state index contributed by atoms with van der Waals surface area (Å²) in [5.74, 6) is -0.107. The van der Waals surface area contributed by atoms with Crippen LogP contribution in [0.1, 0.15) is 27.9 Å². The summed E-state index contributed by atoms with van der Waals surface area (Å²) in [5.41, 5.74) is 4.13. The Morgan fingerprint density at radius 2 is 1.96 bits per heavy atom. The minimum Gasteiger partial charge on any atom is -0.322 e. The third kappa shape index (κ3) is 4.41. The predicted octanol–water partition coefficient (Wildman–Crippen LogP) is 2.98. The van der Waals surface area contributed by atoms with Crippen LogP contribution in [0.3, 0.4) is 0 Å². The molecule has 27 heavy (non-hydrogen) atoms. The number of nitrogens with one attached hydrogen (secondary N) is 1. The number of pyridine rings is 1. The Morgan fingerprint density at radius 1 is 1.07 bits per heavy atom. The van der Waals surface area contributed by atoms with E-state index in [1.165, 1.54) is 11.1 Å². The standard InChI is InChI=1S/C21H23N5O/c27-21(18-5-9-22-10-6-18)24-20-4-3-17-7-14-25(16-19(17)15-20)11-2-13-26-12-1-8-23-26/h1,3-6,8-10,12,15H,2,7,11,13-14,16H2,(H,24,27). The normalized spacial score (nSPS) is 13.9. The van der Waals surface area contributed by atoms with Gasteiger partial charge in [0.25, 0.3) is 5.91 Å². The summed E-state index contributed by atoms with van der Waals surface area (Å²) in [6, 6.07) is 11.6. The first kappa shape index (κ1) is 17.4. The van der Waals surface area contributed by atoms with Crippen LogP contribution in [-0.4, -0.2) is 38.7 Å². The number of hydrogen-bond donors (Lipinski definition) is 1. The number of nitrogens with zero attached hydrogens (tertiary/aromatic N) is 4. The molecule has 6 nitrogen and oxygen atoms in total. The van der Waals surface area contributed by atoms with Gasteiger partial charge in [0.2, 0.25) is 0 Å². The van der Waals surface area contributed by atoms with Gasteiger partial charge in [-0.25, -0.2) is 0 Å². The summed E-state index contributed by atoms with van der Waals surface area (Å²) >= 11 is 0. The summed E-state index contributed by atoms with van der Waals surface area (Å²) in [4.78, 5) is 18.8. The van der Waals surface area contributed by atoms with Gasteiger partial charge < -0.3 is 5.32 Å². The van der Waals surface area contributed by atoms with Gasteiger partial charge in [-0.3, -0.25) is 19.4 Å². The first-order valence-electron chi connectivity index (χ1n) is 9.31. The molecule has 0 saturated heterocycles. The first-order chi connectivity index (χ1) is 13.3. The average Bonchev–Trinajstić information content (AvgIpc) is 3.22. The maximum absolute atomic E-state index is 12.3. The lowest BCUT2D eigenvalue weighted by molar-refractivity contribution is 0.102. The Kier molecular flexibility index (Phi) is 5.25. The van der Waals surface area contributed by atoms with Crippen molar-refractivity contribution in [3.63, 3.8) is 0 Å². The van der Waals surface area contributed by atoms with Gasteiger partial charge in [0.05, 0.1) is 0 Å². The molecule has 0 aliphatic carbocycles. The van der Waals surface area contributed by atoms with E-state index in [4.69, 9.17) is 0 Å². The fourth-order valence-corrected chi connectivity index (χ4v) is 3.48. The van der Waals surface area contributed by atoms with Crippen molar-refractivity contribution in [2.24, 2.45) is 0 Å². The number of aryl methyl sites for hydroxylation is 1. The van der Waals surface area contributed by atoms with Crippen LogP contribution < -0.4 is 5.32 Å². The number of carbonyl (C=O) groups excluding carboxylic acids is 1. The highest BCUT2D eigenvalue weighted by Gasteiger charge is 2.17. The zero-order valence-corrected chi connectivity index (χ0v) is 15.2. The smallest absolute Gasteiger partial charge is 0.255 e. The molecule has 4 rings (SSSR count). The molecule has 3 aromatic rings. The number of fused-ring (bicyclic) bond motifs is 1. The highest BCUT2D eigenvalue weighted by molar-refractivity contribution is 6.04. The van der Waals surface area contributed by atoms with Gasteiger partial charge in [-0.05, 0) is 54.3 Å². The van der Waals surface area contributed by atoms with Crippen LogP contribution in [0.25, 0.3) is 0 Å². The quantitative estimate of drug-likeness (QED) is 0.733. The summed E-state index contributed by atoms with van der Waals surface area (Å²) in [7, 11) is 0. The van der Waals surface area contributed by atoms with E-state index in [1.807, 2.05) is 29.2 Å². The van der Waals surface area contributed by atoms with Crippen LogP contribution in [-0.2, 0) is 19.5 Å². The minimum absolute atomic E-state index is 0.107. The Morgan fingerprint density at radius 3 is 2.78 bits per heavy atom. The number of hydrogen-bond acceptors (Lipinski definition) is 4. The molecular weight excluding hydrogens is 338 g/mol. The minimum atomic E-state index is -0.107. The van der Waals surface area contributed by atoms with Crippen molar-refractivity contribution in [2.45, 2.75) is 25.9 Å². The van der Waals surface area contributed by atoms with Gasteiger partial charge in [-0.2, -0.15) is 5.10 Å². The maximum Gasteiger partial charge on any atom is 0.255 e. The average molecular weight is 361 g/mol. The third-order valence-electron chi connectivity index (χ3n) is 4.92. The van der Waals surface area contributed by atoms with E-state index in [0.29, 0.717) is 5.56 Å². The van der Waals surface area contributed by atoms with Crippen LogP contribution in [0, 0.1) is 0 Å². The van der Waals surface area contributed by atoms with Crippen molar-refractivity contribution in [3.05, 3.63) is 77.9 Å². The van der Waals surface area contributed by atoms with Crippen molar-refractivity contribution < 1.29 is 4.79 Å². The molecule has 138 valence electrons. The van der Waals surface area contributed by atoms with Gasteiger partial charge in [0.1, 0.15) is 0 Å². The maximum atomic E-state index is 12.3. The summed E-state index contributed by atoms with van der Waals surface area (Å²) < 4.78 is 1.98. The van der Waals surface area contributed by atoms with E-state index in [0.717, 1.165) is 44.7 Å². The van der Waals surface area contributed by atoms with Crippen molar-refractivity contribution in [3.8, 4) is 0 Å². The van der Waals surface area contributed by atoms with Crippen LogP contribution in [0.5, 0.6) is 0 Å². The molecule has 0 fully saturated rings. The fourth-order valence-electron chi connectivity index (χ4n) is 3.48. The number of aromatic nitrogens is 3. The molecule has 6 heteroatoms. The largest absolute Gasteiger partial charge is 0.322 e.